The van der Waals surface area contributed by atoms with Gasteiger partial charge in [-0.1, -0.05) is 26.8 Å². The first-order valence-corrected chi connectivity index (χ1v) is 5.32. The van der Waals surface area contributed by atoms with Crippen LogP contribution in [0.3, 0.4) is 0 Å². The van der Waals surface area contributed by atoms with Crippen LogP contribution in [0.25, 0.3) is 0 Å². The molecular weight excluding hydrogens is 172 g/mol. The Bertz CT molecular complexity index is 264. The summed E-state index contributed by atoms with van der Waals surface area (Å²) in [5.41, 5.74) is 2.36. The zero-order chi connectivity index (χ0) is 10.6. The van der Waals surface area contributed by atoms with Gasteiger partial charge in [-0.05, 0) is 25.0 Å². The van der Waals surface area contributed by atoms with Crippen LogP contribution >= 0.6 is 0 Å². The fourth-order valence-corrected chi connectivity index (χ4v) is 1.54. The van der Waals surface area contributed by atoms with Crippen LogP contribution in [0.2, 0.25) is 0 Å². The van der Waals surface area contributed by atoms with E-state index in [9.17, 15) is 0 Å². The second-order valence-corrected chi connectivity index (χ2v) is 4.02. The molecule has 78 valence electrons. The SMILES string of the molecule is CCC(NC(C)C)c1ccc(C)nc1. The van der Waals surface area contributed by atoms with E-state index in [1.807, 2.05) is 13.1 Å². The van der Waals surface area contributed by atoms with E-state index in [-0.39, 0.29) is 0 Å². The fourth-order valence-electron chi connectivity index (χ4n) is 1.54. The van der Waals surface area contributed by atoms with Gasteiger partial charge < -0.3 is 5.32 Å². The Balaban J connectivity index is 2.73. The first-order chi connectivity index (χ1) is 6.63. The normalized spacial score (nSPS) is 13.2. The molecule has 14 heavy (non-hydrogen) atoms. The highest BCUT2D eigenvalue weighted by Crippen LogP contribution is 2.16. The third kappa shape index (κ3) is 3.11. The Morgan fingerprint density at radius 3 is 2.50 bits per heavy atom. The number of aryl methyl sites for hydroxylation is 1. The first kappa shape index (κ1) is 11.2. The second kappa shape index (κ2) is 5.11. The summed E-state index contributed by atoms with van der Waals surface area (Å²) in [4.78, 5) is 4.32. The van der Waals surface area contributed by atoms with Gasteiger partial charge in [0.1, 0.15) is 0 Å². The van der Waals surface area contributed by atoms with Crippen molar-refractivity contribution in [2.24, 2.45) is 0 Å². The maximum Gasteiger partial charge on any atom is 0.0372 e. The summed E-state index contributed by atoms with van der Waals surface area (Å²) >= 11 is 0. The van der Waals surface area contributed by atoms with Gasteiger partial charge in [0.15, 0.2) is 0 Å². The summed E-state index contributed by atoms with van der Waals surface area (Å²) in [6.07, 6.45) is 3.07. The molecule has 1 aromatic rings. The number of nitrogens with zero attached hydrogens (tertiary/aromatic N) is 1. The largest absolute Gasteiger partial charge is 0.308 e. The van der Waals surface area contributed by atoms with Crippen molar-refractivity contribution in [2.45, 2.75) is 46.2 Å². The lowest BCUT2D eigenvalue weighted by Crippen LogP contribution is -2.27. The molecule has 2 heteroatoms. The summed E-state index contributed by atoms with van der Waals surface area (Å²) in [6.45, 7) is 8.55. The highest BCUT2D eigenvalue weighted by Gasteiger charge is 2.09. The van der Waals surface area contributed by atoms with E-state index in [1.165, 1.54) is 5.56 Å². The highest BCUT2D eigenvalue weighted by atomic mass is 14.9. The van der Waals surface area contributed by atoms with Crippen LogP contribution < -0.4 is 5.32 Å². The predicted molar refractivity (Wildman–Crippen MR) is 60.3 cm³/mol. The molecule has 0 saturated heterocycles. The molecule has 0 radical (unpaired) electrons. The van der Waals surface area contributed by atoms with Crippen molar-refractivity contribution in [1.29, 1.82) is 0 Å². The molecule has 1 atom stereocenters. The lowest BCUT2D eigenvalue weighted by atomic mass is 10.1. The molecule has 1 heterocycles. The zero-order valence-electron chi connectivity index (χ0n) is 9.54. The average Bonchev–Trinajstić information content (AvgIpc) is 2.15. The fraction of sp³-hybridized carbons (Fsp3) is 0.583. The van der Waals surface area contributed by atoms with Crippen LogP contribution in [0, 0.1) is 6.92 Å². The molecule has 1 rings (SSSR count). The minimum absolute atomic E-state index is 0.433. The molecule has 0 fully saturated rings. The molecule has 0 saturated carbocycles. The third-order valence-electron chi connectivity index (χ3n) is 2.28. The van der Waals surface area contributed by atoms with Crippen LogP contribution in [0.4, 0.5) is 0 Å². The molecule has 1 unspecified atom stereocenters. The first-order valence-electron chi connectivity index (χ1n) is 5.32. The minimum atomic E-state index is 0.433. The second-order valence-electron chi connectivity index (χ2n) is 4.02. The molecule has 0 aliphatic rings. The molecule has 0 aromatic carbocycles. The Hall–Kier alpha value is -0.890. The van der Waals surface area contributed by atoms with Crippen molar-refractivity contribution in [1.82, 2.24) is 10.3 Å². The number of hydrogen-bond acceptors (Lipinski definition) is 2. The minimum Gasteiger partial charge on any atom is -0.308 e. The Morgan fingerprint density at radius 1 is 1.36 bits per heavy atom. The molecule has 2 nitrogen and oxygen atoms in total. The number of nitrogens with one attached hydrogen (secondary N) is 1. The smallest absolute Gasteiger partial charge is 0.0372 e. The lowest BCUT2D eigenvalue weighted by molar-refractivity contribution is 0.465. The summed E-state index contributed by atoms with van der Waals surface area (Å²) in [6, 6.07) is 5.18. The van der Waals surface area contributed by atoms with E-state index in [2.05, 4.69) is 43.2 Å². The Morgan fingerprint density at radius 2 is 2.07 bits per heavy atom. The van der Waals surface area contributed by atoms with Gasteiger partial charge in [-0.3, -0.25) is 4.98 Å². The van der Waals surface area contributed by atoms with Gasteiger partial charge in [0, 0.05) is 24.0 Å². The zero-order valence-corrected chi connectivity index (χ0v) is 9.54. The topological polar surface area (TPSA) is 24.9 Å². The van der Waals surface area contributed by atoms with E-state index in [0.717, 1.165) is 12.1 Å². The van der Waals surface area contributed by atoms with Crippen molar-refractivity contribution in [3.63, 3.8) is 0 Å². The van der Waals surface area contributed by atoms with Crippen LogP contribution in [-0.2, 0) is 0 Å². The van der Waals surface area contributed by atoms with Gasteiger partial charge >= 0.3 is 0 Å². The number of hydrogen-bond donors (Lipinski definition) is 1. The summed E-state index contributed by atoms with van der Waals surface area (Å²) in [5, 5.41) is 3.53. The van der Waals surface area contributed by atoms with Crippen LogP contribution in [0.5, 0.6) is 0 Å². The maximum atomic E-state index is 4.32. The van der Waals surface area contributed by atoms with Crippen molar-refractivity contribution in [3.8, 4) is 0 Å². The van der Waals surface area contributed by atoms with Crippen LogP contribution in [0.1, 0.15) is 44.5 Å². The predicted octanol–water partition coefficient (Wildman–Crippen LogP) is 2.84. The van der Waals surface area contributed by atoms with E-state index in [0.29, 0.717) is 12.1 Å². The average molecular weight is 192 g/mol. The molecule has 0 aliphatic heterocycles. The standard InChI is InChI=1S/C12H20N2/c1-5-12(14-9(2)3)11-7-6-10(4)13-8-11/h6-9,12,14H,5H2,1-4H3. The van der Waals surface area contributed by atoms with Crippen LogP contribution in [-0.4, -0.2) is 11.0 Å². The van der Waals surface area contributed by atoms with E-state index < -0.39 is 0 Å². The number of aromatic nitrogens is 1. The van der Waals surface area contributed by atoms with Crippen molar-refractivity contribution < 1.29 is 0 Å². The lowest BCUT2D eigenvalue weighted by Gasteiger charge is -2.19. The van der Waals surface area contributed by atoms with E-state index >= 15 is 0 Å². The number of pyridine rings is 1. The van der Waals surface area contributed by atoms with Gasteiger partial charge in [-0.2, -0.15) is 0 Å². The van der Waals surface area contributed by atoms with Gasteiger partial charge in [0.2, 0.25) is 0 Å². The van der Waals surface area contributed by atoms with Crippen LogP contribution in [0.15, 0.2) is 18.3 Å². The van der Waals surface area contributed by atoms with Gasteiger partial charge in [-0.15, -0.1) is 0 Å². The molecular formula is C12H20N2. The monoisotopic (exact) mass is 192 g/mol. The van der Waals surface area contributed by atoms with Crippen molar-refractivity contribution in [2.75, 3.05) is 0 Å². The molecule has 0 bridgehead atoms. The Labute approximate surface area is 86.8 Å². The van der Waals surface area contributed by atoms with Gasteiger partial charge in [0.05, 0.1) is 0 Å². The molecule has 1 N–H and O–H groups in total. The van der Waals surface area contributed by atoms with Crippen molar-refractivity contribution in [3.05, 3.63) is 29.6 Å². The quantitative estimate of drug-likeness (QED) is 0.793. The number of rotatable bonds is 4. The molecule has 0 amide bonds. The van der Waals surface area contributed by atoms with Crippen molar-refractivity contribution >= 4 is 0 Å². The molecule has 1 aromatic heterocycles. The third-order valence-corrected chi connectivity index (χ3v) is 2.28. The van der Waals surface area contributed by atoms with E-state index in [4.69, 9.17) is 0 Å². The summed E-state index contributed by atoms with van der Waals surface area (Å²) in [5.74, 6) is 0. The maximum absolute atomic E-state index is 4.32. The van der Waals surface area contributed by atoms with E-state index in [1.54, 1.807) is 0 Å². The van der Waals surface area contributed by atoms with Gasteiger partial charge in [0.25, 0.3) is 0 Å². The molecule has 0 aliphatic carbocycles. The summed E-state index contributed by atoms with van der Waals surface area (Å²) < 4.78 is 0. The molecule has 0 spiro atoms. The Kier molecular flexibility index (Phi) is 4.08. The van der Waals surface area contributed by atoms with Gasteiger partial charge in [-0.25, -0.2) is 0 Å². The summed E-state index contributed by atoms with van der Waals surface area (Å²) in [7, 11) is 0. The highest BCUT2D eigenvalue weighted by molar-refractivity contribution is 5.17.